The summed E-state index contributed by atoms with van der Waals surface area (Å²) in [7, 11) is 0. The van der Waals surface area contributed by atoms with E-state index >= 15 is 0 Å². The number of pyridine rings is 1. The summed E-state index contributed by atoms with van der Waals surface area (Å²) >= 11 is 3.59. The van der Waals surface area contributed by atoms with Crippen molar-refractivity contribution in [3.05, 3.63) is 81.3 Å². The van der Waals surface area contributed by atoms with Gasteiger partial charge in [-0.3, -0.25) is 9.78 Å². The minimum atomic E-state index is -0.286. The third-order valence-electron chi connectivity index (χ3n) is 4.18. The van der Waals surface area contributed by atoms with E-state index in [0.717, 1.165) is 27.1 Å². The fourth-order valence-electron chi connectivity index (χ4n) is 2.76. The lowest BCUT2D eigenvalue weighted by molar-refractivity contribution is 0.0955. The average Bonchev–Trinajstić information content (AvgIpc) is 2.92. The van der Waals surface area contributed by atoms with Gasteiger partial charge in [0.05, 0.1) is 11.8 Å². The Morgan fingerprint density at radius 2 is 2.04 bits per heavy atom. The average molecular weight is 411 g/mol. The van der Waals surface area contributed by atoms with E-state index < -0.39 is 0 Å². The maximum atomic E-state index is 12.0. The fourth-order valence-corrected chi connectivity index (χ4v) is 3.13. The molecule has 0 aliphatic rings. The Balaban J connectivity index is 1.81. The number of hydrogen-bond acceptors (Lipinski definition) is 3. The molecule has 0 fully saturated rings. The number of halogens is 1. The van der Waals surface area contributed by atoms with Crippen molar-refractivity contribution >= 4 is 28.1 Å². The van der Waals surface area contributed by atoms with Gasteiger partial charge < -0.3 is 4.57 Å². The van der Waals surface area contributed by atoms with Gasteiger partial charge >= 0.3 is 0 Å². The third kappa shape index (κ3) is 3.75. The molecule has 1 N–H and O–H groups in total. The summed E-state index contributed by atoms with van der Waals surface area (Å²) in [5.74, 6) is -0.286. The molecule has 0 unspecified atom stereocenters. The van der Waals surface area contributed by atoms with Gasteiger partial charge in [0.1, 0.15) is 0 Å². The van der Waals surface area contributed by atoms with Gasteiger partial charge in [-0.1, -0.05) is 22.0 Å². The normalized spacial score (nSPS) is 11.1. The number of aryl methyl sites for hydroxylation is 2. The maximum Gasteiger partial charge on any atom is 0.272 e. The zero-order valence-electron chi connectivity index (χ0n) is 14.8. The summed E-state index contributed by atoms with van der Waals surface area (Å²) in [5, 5.41) is 4.08. The molecule has 0 bridgehead atoms. The van der Waals surface area contributed by atoms with E-state index in [1.165, 1.54) is 11.8 Å². The quantitative estimate of drug-likeness (QED) is 0.514. The lowest BCUT2D eigenvalue weighted by Gasteiger charge is -2.11. The van der Waals surface area contributed by atoms with Crippen LogP contribution in [0.4, 0.5) is 0 Å². The van der Waals surface area contributed by atoms with Gasteiger partial charge in [-0.05, 0) is 56.7 Å². The number of carbonyl (C=O) groups excluding carboxylic acids is 1. The number of nitrogens with zero attached hydrogens (tertiary/aromatic N) is 3. The predicted octanol–water partition coefficient (Wildman–Crippen LogP) is 4.32. The van der Waals surface area contributed by atoms with E-state index in [0.29, 0.717) is 5.56 Å². The molecule has 6 heteroatoms. The lowest BCUT2D eigenvalue weighted by atomic mass is 10.2. The number of hydrazone groups is 1. The molecular weight excluding hydrogens is 392 g/mol. The van der Waals surface area contributed by atoms with Gasteiger partial charge in [0.2, 0.25) is 0 Å². The number of aromatic nitrogens is 2. The van der Waals surface area contributed by atoms with E-state index in [1.807, 2.05) is 19.9 Å². The molecule has 2 heterocycles. The second kappa shape index (κ2) is 7.66. The first-order valence-corrected chi connectivity index (χ1v) is 8.95. The minimum absolute atomic E-state index is 0.286. The molecule has 1 aromatic carbocycles. The van der Waals surface area contributed by atoms with Gasteiger partial charge in [-0.2, -0.15) is 5.10 Å². The van der Waals surface area contributed by atoms with Gasteiger partial charge in [0.25, 0.3) is 5.91 Å². The number of amides is 1. The first-order chi connectivity index (χ1) is 12.5. The smallest absolute Gasteiger partial charge is 0.272 e. The number of rotatable bonds is 4. The number of nitrogens with one attached hydrogen (secondary N) is 1. The Bertz CT molecular complexity index is 977. The molecule has 1 amide bonds. The zero-order valence-corrected chi connectivity index (χ0v) is 16.4. The van der Waals surface area contributed by atoms with Crippen LogP contribution in [0, 0.1) is 20.8 Å². The second-order valence-corrected chi connectivity index (χ2v) is 6.89. The highest BCUT2D eigenvalue weighted by Crippen LogP contribution is 2.24. The fraction of sp³-hybridized carbons (Fsp3) is 0.150. The molecule has 132 valence electrons. The van der Waals surface area contributed by atoms with Crippen LogP contribution in [0.2, 0.25) is 0 Å². The molecule has 0 aliphatic heterocycles. The molecule has 0 saturated carbocycles. The van der Waals surface area contributed by atoms with Gasteiger partial charge in [-0.15, -0.1) is 0 Å². The molecule has 26 heavy (non-hydrogen) atoms. The Kier molecular flexibility index (Phi) is 5.32. The second-order valence-electron chi connectivity index (χ2n) is 6.04. The Morgan fingerprint density at radius 3 is 2.73 bits per heavy atom. The van der Waals surface area contributed by atoms with Gasteiger partial charge in [-0.25, -0.2) is 5.43 Å². The molecule has 0 spiro atoms. The lowest BCUT2D eigenvalue weighted by Crippen LogP contribution is -2.17. The Morgan fingerprint density at radius 1 is 1.23 bits per heavy atom. The molecule has 0 atom stereocenters. The molecule has 0 radical (unpaired) electrons. The highest BCUT2D eigenvalue weighted by atomic mass is 79.9. The predicted molar refractivity (Wildman–Crippen MR) is 107 cm³/mol. The van der Waals surface area contributed by atoms with Crippen LogP contribution < -0.4 is 5.43 Å². The van der Waals surface area contributed by atoms with Crippen LogP contribution in [0.5, 0.6) is 0 Å². The maximum absolute atomic E-state index is 12.0. The molecular formula is C20H19BrN4O. The van der Waals surface area contributed by atoms with Crippen molar-refractivity contribution in [2.75, 3.05) is 0 Å². The summed E-state index contributed by atoms with van der Waals surface area (Å²) in [6.45, 7) is 6.14. The molecule has 0 saturated heterocycles. The highest BCUT2D eigenvalue weighted by Gasteiger charge is 2.10. The Labute approximate surface area is 160 Å². The standard InChI is InChI=1S/C20H19BrN4O/c1-13-6-7-18(10-19(13)21)25-14(2)9-17(15(25)3)12-23-24-20(26)16-5-4-8-22-11-16/h4-12H,1-3H3,(H,24,26)/b23-12-. The molecule has 3 rings (SSSR count). The van der Waals surface area contributed by atoms with Crippen LogP contribution in [0.1, 0.15) is 32.9 Å². The van der Waals surface area contributed by atoms with Crippen molar-refractivity contribution in [3.63, 3.8) is 0 Å². The molecule has 2 aromatic heterocycles. The first kappa shape index (κ1) is 18.1. The van der Waals surface area contributed by atoms with E-state index in [-0.39, 0.29) is 5.91 Å². The van der Waals surface area contributed by atoms with E-state index in [9.17, 15) is 4.79 Å². The van der Waals surface area contributed by atoms with Crippen molar-refractivity contribution in [1.29, 1.82) is 0 Å². The molecule has 3 aromatic rings. The first-order valence-electron chi connectivity index (χ1n) is 8.16. The third-order valence-corrected chi connectivity index (χ3v) is 5.03. The van der Waals surface area contributed by atoms with Crippen molar-refractivity contribution in [3.8, 4) is 5.69 Å². The van der Waals surface area contributed by atoms with E-state index in [1.54, 1.807) is 24.5 Å². The number of hydrogen-bond donors (Lipinski definition) is 1. The monoisotopic (exact) mass is 410 g/mol. The van der Waals surface area contributed by atoms with Gasteiger partial charge in [0.15, 0.2) is 0 Å². The van der Waals surface area contributed by atoms with Crippen LogP contribution in [-0.2, 0) is 0 Å². The van der Waals surface area contributed by atoms with Crippen molar-refractivity contribution in [2.45, 2.75) is 20.8 Å². The largest absolute Gasteiger partial charge is 0.318 e. The van der Waals surface area contributed by atoms with Crippen molar-refractivity contribution in [2.24, 2.45) is 5.10 Å². The SMILES string of the molecule is Cc1ccc(-n2c(C)cc(/C=N\NC(=O)c3cccnc3)c2C)cc1Br. The van der Waals surface area contributed by atoms with Crippen LogP contribution in [0.3, 0.4) is 0 Å². The molecule has 5 nitrogen and oxygen atoms in total. The van der Waals surface area contributed by atoms with Crippen LogP contribution >= 0.6 is 15.9 Å². The topological polar surface area (TPSA) is 59.3 Å². The summed E-state index contributed by atoms with van der Waals surface area (Å²) < 4.78 is 3.23. The Hall–Kier alpha value is -2.73. The van der Waals surface area contributed by atoms with Crippen LogP contribution in [-0.4, -0.2) is 21.7 Å². The molecule has 0 aliphatic carbocycles. The summed E-state index contributed by atoms with van der Waals surface area (Å²) in [6, 6.07) is 11.7. The minimum Gasteiger partial charge on any atom is -0.318 e. The van der Waals surface area contributed by atoms with Crippen molar-refractivity contribution < 1.29 is 4.79 Å². The highest BCUT2D eigenvalue weighted by molar-refractivity contribution is 9.10. The number of carbonyl (C=O) groups is 1. The van der Waals surface area contributed by atoms with Crippen LogP contribution in [0.25, 0.3) is 5.69 Å². The van der Waals surface area contributed by atoms with Crippen LogP contribution in [0.15, 0.2) is 58.4 Å². The summed E-state index contributed by atoms with van der Waals surface area (Å²) in [6.07, 6.45) is 4.79. The summed E-state index contributed by atoms with van der Waals surface area (Å²) in [4.78, 5) is 15.9. The van der Waals surface area contributed by atoms with Gasteiger partial charge in [0, 0.05) is 39.5 Å². The summed E-state index contributed by atoms with van der Waals surface area (Å²) in [5.41, 5.74) is 8.38. The zero-order chi connectivity index (χ0) is 18.7. The van der Waals surface area contributed by atoms with E-state index in [4.69, 9.17) is 0 Å². The number of benzene rings is 1. The van der Waals surface area contributed by atoms with Crippen molar-refractivity contribution in [1.82, 2.24) is 15.0 Å². The van der Waals surface area contributed by atoms with E-state index in [2.05, 4.69) is 61.1 Å².